The van der Waals surface area contributed by atoms with Crippen molar-refractivity contribution in [1.29, 1.82) is 0 Å². The van der Waals surface area contributed by atoms with Crippen LogP contribution in [-0.4, -0.2) is 57.3 Å². The summed E-state index contributed by atoms with van der Waals surface area (Å²) in [5.41, 5.74) is 1.55. The molecule has 3 aromatic heterocycles. The number of aromatic hydroxyl groups is 1. The fourth-order valence-electron chi connectivity index (χ4n) is 5.34. The van der Waals surface area contributed by atoms with Crippen molar-refractivity contribution in [2.75, 3.05) is 13.3 Å². The molecule has 0 saturated carbocycles. The molecule has 11 heteroatoms. The van der Waals surface area contributed by atoms with E-state index in [2.05, 4.69) is 29.9 Å². The van der Waals surface area contributed by atoms with E-state index in [9.17, 15) is 19.1 Å². The SMILES string of the molecule is C[Si](C)(C)CCOCN1C(=O)N[C@@](Cn2cc3ccc(F)cc3c2O)(c2ccc(-c3cnc4ccccn34)cc2)C1=O. The zero-order valence-electron chi connectivity index (χ0n) is 23.7. The predicted octanol–water partition coefficient (Wildman–Crippen LogP) is 5.56. The standard InChI is InChI=1S/C31H32FN5O4Si/c1-42(2,3)15-14-41-20-37-29(39)31(34-30(37)40,19-35-18-22-9-12-24(32)16-25(22)28(35)38)23-10-7-21(8-11-23)26-17-33-27-6-4-5-13-36(26)27/h4-13,16-18,38H,14-15,19-20H2,1-3H3,(H,34,40)/t31-/m0/s1. The zero-order chi connectivity index (χ0) is 29.6. The zero-order valence-corrected chi connectivity index (χ0v) is 24.7. The molecule has 1 saturated heterocycles. The van der Waals surface area contributed by atoms with E-state index in [-0.39, 0.29) is 19.2 Å². The van der Waals surface area contributed by atoms with Gasteiger partial charge in [0.25, 0.3) is 5.91 Å². The van der Waals surface area contributed by atoms with Crippen LogP contribution in [0.2, 0.25) is 25.7 Å². The van der Waals surface area contributed by atoms with Crippen molar-refractivity contribution < 1.29 is 23.8 Å². The van der Waals surface area contributed by atoms with Crippen LogP contribution in [0.5, 0.6) is 5.88 Å². The van der Waals surface area contributed by atoms with Crippen molar-refractivity contribution >= 4 is 36.4 Å². The third-order valence-electron chi connectivity index (χ3n) is 7.71. The summed E-state index contributed by atoms with van der Waals surface area (Å²) in [5.74, 6) is -1.18. The first-order chi connectivity index (χ1) is 20.1. The van der Waals surface area contributed by atoms with Gasteiger partial charge in [0.15, 0.2) is 11.4 Å². The summed E-state index contributed by atoms with van der Waals surface area (Å²) in [4.78, 5) is 32.9. The minimum atomic E-state index is -1.54. The van der Waals surface area contributed by atoms with Crippen LogP contribution in [0.4, 0.5) is 9.18 Å². The van der Waals surface area contributed by atoms with Crippen LogP contribution in [0.25, 0.3) is 27.7 Å². The maximum absolute atomic E-state index is 14.1. The lowest BCUT2D eigenvalue weighted by Crippen LogP contribution is -2.47. The van der Waals surface area contributed by atoms with E-state index >= 15 is 0 Å². The number of ether oxygens (including phenoxy) is 1. The molecule has 0 radical (unpaired) electrons. The number of aromatic nitrogens is 3. The number of hydrogen-bond acceptors (Lipinski definition) is 5. The number of benzene rings is 2. The van der Waals surface area contributed by atoms with Crippen LogP contribution in [0.15, 0.2) is 79.3 Å². The van der Waals surface area contributed by atoms with Gasteiger partial charge in [0, 0.05) is 43.4 Å². The topological polar surface area (TPSA) is 101 Å². The van der Waals surface area contributed by atoms with Gasteiger partial charge in [-0.2, -0.15) is 0 Å². The Bertz CT molecular complexity index is 1810. The van der Waals surface area contributed by atoms with Gasteiger partial charge in [-0.25, -0.2) is 19.1 Å². The molecule has 1 atom stereocenters. The van der Waals surface area contributed by atoms with E-state index in [1.165, 1.54) is 16.7 Å². The summed E-state index contributed by atoms with van der Waals surface area (Å²) in [6, 6.07) is 17.5. The van der Waals surface area contributed by atoms with Crippen LogP contribution in [-0.2, 0) is 21.6 Å². The number of halogens is 1. The van der Waals surface area contributed by atoms with Crippen LogP contribution >= 0.6 is 0 Å². The first-order valence-corrected chi connectivity index (χ1v) is 17.5. The highest BCUT2D eigenvalue weighted by molar-refractivity contribution is 6.76. The second-order valence-electron chi connectivity index (χ2n) is 11.9. The van der Waals surface area contributed by atoms with E-state index < -0.39 is 31.4 Å². The first-order valence-electron chi connectivity index (χ1n) is 13.8. The molecule has 4 heterocycles. The Hall–Kier alpha value is -4.48. The molecule has 2 N–H and O–H groups in total. The Morgan fingerprint density at radius 3 is 2.62 bits per heavy atom. The number of pyridine rings is 1. The lowest BCUT2D eigenvalue weighted by Gasteiger charge is -2.28. The van der Waals surface area contributed by atoms with Gasteiger partial charge < -0.3 is 19.7 Å². The smallest absolute Gasteiger partial charge is 0.327 e. The number of imide groups is 1. The number of rotatable bonds is 9. The van der Waals surface area contributed by atoms with E-state index in [0.29, 0.717) is 22.9 Å². The quantitative estimate of drug-likeness (QED) is 0.134. The van der Waals surface area contributed by atoms with E-state index in [1.807, 2.05) is 40.9 Å². The largest absolute Gasteiger partial charge is 0.494 e. The minimum absolute atomic E-state index is 0.111. The molecule has 0 unspecified atom stereocenters. The summed E-state index contributed by atoms with van der Waals surface area (Å²) in [7, 11) is -1.37. The lowest BCUT2D eigenvalue weighted by molar-refractivity contribution is -0.135. The van der Waals surface area contributed by atoms with Gasteiger partial charge in [-0.15, -0.1) is 0 Å². The van der Waals surface area contributed by atoms with Gasteiger partial charge >= 0.3 is 6.03 Å². The van der Waals surface area contributed by atoms with Crippen LogP contribution in [0, 0.1) is 5.82 Å². The third kappa shape index (κ3) is 4.94. The summed E-state index contributed by atoms with van der Waals surface area (Å²) in [5, 5.41) is 14.8. The number of urea groups is 1. The summed E-state index contributed by atoms with van der Waals surface area (Å²) in [6.45, 7) is 6.84. The number of fused-ring (bicyclic) bond motifs is 2. The summed E-state index contributed by atoms with van der Waals surface area (Å²) < 4.78 is 23.2. The molecule has 0 bridgehead atoms. The highest BCUT2D eigenvalue weighted by atomic mass is 28.3. The molecule has 42 heavy (non-hydrogen) atoms. The Balaban J connectivity index is 1.37. The molecule has 9 nitrogen and oxygen atoms in total. The van der Waals surface area contributed by atoms with E-state index in [4.69, 9.17) is 4.74 Å². The van der Waals surface area contributed by atoms with Gasteiger partial charge in [-0.05, 0) is 41.9 Å². The number of carbonyl (C=O) groups excluding carboxylic acids is 2. The molecule has 2 aromatic carbocycles. The maximum atomic E-state index is 14.1. The highest BCUT2D eigenvalue weighted by Crippen LogP contribution is 2.36. The highest BCUT2D eigenvalue weighted by Gasteiger charge is 2.53. The number of hydrogen-bond donors (Lipinski definition) is 2. The summed E-state index contributed by atoms with van der Waals surface area (Å²) in [6.07, 6.45) is 5.35. The van der Waals surface area contributed by atoms with Crippen LogP contribution in [0.1, 0.15) is 5.56 Å². The van der Waals surface area contributed by atoms with E-state index in [0.717, 1.165) is 27.8 Å². The Kier molecular flexibility index (Phi) is 6.86. The fourth-order valence-corrected chi connectivity index (χ4v) is 6.09. The van der Waals surface area contributed by atoms with Gasteiger partial charge in [0.2, 0.25) is 0 Å². The molecule has 5 aromatic rings. The van der Waals surface area contributed by atoms with Crippen molar-refractivity contribution in [3.63, 3.8) is 0 Å². The van der Waals surface area contributed by atoms with Crippen molar-refractivity contribution in [2.24, 2.45) is 0 Å². The number of carbonyl (C=O) groups is 2. The summed E-state index contributed by atoms with van der Waals surface area (Å²) >= 11 is 0. The number of nitrogens with one attached hydrogen (secondary N) is 1. The number of nitrogens with zero attached hydrogens (tertiary/aromatic N) is 4. The van der Waals surface area contributed by atoms with E-state index in [1.54, 1.807) is 30.6 Å². The van der Waals surface area contributed by atoms with Crippen LogP contribution in [0.3, 0.4) is 0 Å². The molecule has 1 aliphatic rings. The second-order valence-corrected chi connectivity index (χ2v) is 17.5. The van der Waals surface area contributed by atoms with Gasteiger partial charge in [0.05, 0.1) is 18.4 Å². The van der Waals surface area contributed by atoms with Crippen LogP contribution < -0.4 is 5.32 Å². The number of imidazole rings is 1. The first kappa shape index (κ1) is 27.7. The molecule has 3 amide bonds. The predicted molar refractivity (Wildman–Crippen MR) is 160 cm³/mol. The Labute approximate surface area is 243 Å². The molecular weight excluding hydrogens is 553 g/mol. The average Bonchev–Trinajstić information content (AvgIpc) is 3.59. The fraction of sp³-hybridized carbons (Fsp3) is 0.258. The lowest BCUT2D eigenvalue weighted by atomic mass is 9.88. The molecule has 0 aliphatic carbocycles. The average molecular weight is 586 g/mol. The second kappa shape index (κ2) is 10.4. The van der Waals surface area contributed by atoms with Gasteiger partial charge in [0.1, 0.15) is 18.2 Å². The third-order valence-corrected chi connectivity index (χ3v) is 9.42. The van der Waals surface area contributed by atoms with Gasteiger partial charge in [-0.3, -0.25) is 9.20 Å². The molecule has 216 valence electrons. The van der Waals surface area contributed by atoms with Crippen molar-refractivity contribution in [2.45, 2.75) is 37.8 Å². The monoisotopic (exact) mass is 585 g/mol. The molecule has 0 spiro atoms. The molecular formula is C31H32FN5O4Si. The Morgan fingerprint density at radius 1 is 1.07 bits per heavy atom. The molecule has 6 rings (SSSR count). The number of amides is 3. The Morgan fingerprint density at radius 2 is 1.86 bits per heavy atom. The van der Waals surface area contributed by atoms with Crippen molar-refractivity contribution in [1.82, 2.24) is 24.2 Å². The normalized spacial score (nSPS) is 17.5. The molecule has 1 aliphatic heterocycles. The van der Waals surface area contributed by atoms with Crippen molar-refractivity contribution in [3.05, 3.63) is 90.6 Å². The molecule has 1 fully saturated rings. The minimum Gasteiger partial charge on any atom is -0.494 e. The van der Waals surface area contributed by atoms with Crippen molar-refractivity contribution in [3.8, 4) is 17.1 Å². The van der Waals surface area contributed by atoms with Gasteiger partial charge in [-0.1, -0.05) is 50.0 Å². The maximum Gasteiger partial charge on any atom is 0.327 e.